The van der Waals surface area contributed by atoms with Gasteiger partial charge in [-0.05, 0) is 48.4 Å². The SMILES string of the molecule is C=NN/C=C(\C)c1ccc(Nc2ccnc(-c3ccc4cc(C(=O)N(CC(F)(F)F)CC(F)(F)F)[nH]c4c3)n2)cc1. The van der Waals surface area contributed by atoms with Crippen LogP contribution in [0.15, 0.2) is 72.1 Å². The van der Waals surface area contributed by atoms with Gasteiger partial charge in [0.1, 0.15) is 24.6 Å². The molecular formula is C27H23F6N7O. The number of nitrogens with one attached hydrogen (secondary N) is 3. The summed E-state index contributed by atoms with van der Waals surface area (Å²) in [6.45, 7) is 1.19. The zero-order valence-electron chi connectivity index (χ0n) is 21.4. The van der Waals surface area contributed by atoms with Crippen molar-refractivity contribution in [3.63, 3.8) is 0 Å². The number of benzene rings is 2. The monoisotopic (exact) mass is 575 g/mol. The molecule has 2 aromatic carbocycles. The zero-order valence-corrected chi connectivity index (χ0v) is 21.4. The molecule has 0 aliphatic heterocycles. The molecule has 0 unspecified atom stereocenters. The molecule has 0 fully saturated rings. The molecule has 0 bridgehead atoms. The van der Waals surface area contributed by atoms with Crippen molar-refractivity contribution >= 4 is 40.6 Å². The summed E-state index contributed by atoms with van der Waals surface area (Å²) in [6.07, 6.45) is -6.77. The molecule has 0 saturated heterocycles. The van der Waals surface area contributed by atoms with Crippen LogP contribution in [0.25, 0.3) is 27.9 Å². The van der Waals surface area contributed by atoms with Crippen LogP contribution < -0.4 is 10.7 Å². The van der Waals surface area contributed by atoms with E-state index in [1.165, 1.54) is 12.3 Å². The Balaban J connectivity index is 1.54. The lowest BCUT2D eigenvalue weighted by molar-refractivity contribution is -0.171. The van der Waals surface area contributed by atoms with Crippen molar-refractivity contribution in [2.24, 2.45) is 5.10 Å². The number of amides is 1. The van der Waals surface area contributed by atoms with Crippen LogP contribution >= 0.6 is 0 Å². The van der Waals surface area contributed by atoms with E-state index in [1.54, 1.807) is 30.5 Å². The van der Waals surface area contributed by atoms with Crippen molar-refractivity contribution in [2.45, 2.75) is 19.3 Å². The Bertz CT molecular complexity index is 1560. The molecule has 3 N–H and O–H groups in total. The highest BCUT2D eigenvalue weighted by Gasteiger charge is 2.40. The van der Waals surface area contributed by atoms with E-state index in [1.807, 2.05) is 31.2 Å². The number of halogens is 6. The maximum absolute atomic E-state index is 12.9. The van der Waals surface area contributed by atoms with E-state index in [-0.39, 0.29) is 4.90 Å². The van der Waals surface area contributed by atoms with E-state index in [0.717, 1.165) is 16.8 Å². The zero-order chi connectivity index (χ0) is 29.8. The van der Waals surface area contributed by atoms with E-state index in [2.05, 4.69) is 37.5 Å². The van der Waals surface area contributed by atoms with Gasteiger partial charge >= 0.3 is 12.4 Å². The van der Waals surface area contributed by atoms with Crippen LogP contribution in [0.2, 0.25) is 0 Å². The van der Waals surface area contributed by atoms with Gasteiger partial charge in [-0.1, -0.05) is 24.3 Å². The van der Waals surface area contributed by atoms with Gasteiger partial charge in [0.25, 0.3) is 5.91 Å². The Morgan fingerprint density at radius 1 is 1.02 bits per heavy atom. The quantitative estimate of drug-likeness (QED) is 0.120. The molecule has 4 aromatic rings. The molecule has 4 rings (SSSR count). The van der Waals surface area contributed by atoms with Gasteiger partial charge in [-0.25, -0.2) is 9.97 Å². The van der Waals surface area contributed by atoms with Crippen molar-refractivity contribution in [3.8, 4) is 11.4 Å². The minimum Gasteiger partial charge on any atom is -0.351 e. The number of nitrogens with zero attached hydrogens (tertiary/aromatic N) is 4. The largest absolute Gasteiger partial charge is 0.406 e. The van der Waals surface area contributed by atoms with Crippen molar-refractivity contribution in [3.05, 3.63) is 78.3 Å². The summed E-state index contributed by atoms with van der Waals surface area (Å²) in [5.41, 5.74) is 5.75. The Labute approximate surface area is 229 Å². The van der Waals surface area contributed by atoms with Gasteiger partial charge in [0.05, 0.1) is 0 Å². The van der Waals surface area contributed by atoms with Gasteiger partial charge in [-0.3, -0.25) is 10.2 Å². The molecule has 0 aliphatic carbocycles. The van der Waals surface area contributed by atoms with E-state index < -0.39 is 37.0 Å². The first kappa shape index (κ1) is 29.1. The number of carbonyl (C=O) groups excluding carboxylic acids is 1. The number of aromatic nitrogens is 3. The molecule has 41 heavy (non-hydrogen) atoms. The third-order valence-corrected chi connectivity index (χ3v) is 5.78. The summed E-state index contributed by atoms with van der Waals surface area (Å²) >= 11 is 0. The summed E-state index contributed by atoms with van der Waals surface area (Å²) < 4.78 is 77.2. The van der Waals surface area contributed by atoms with E-state index in [9.17, 15) is 31.1 Å². The van der Waals surface area contributed by atoms with E-state index in [0.29, 0.717) is 28.1 Å². The average Bonchev–Trinajstić information content (AvgIpc) is 3.33. The number of hydrogen-bond donors (Lipinski definition) is 3. The number of aromatic amines is 1. The van der Waals surface area contributed by atoms with Gasteiger partial charge in [-0.15, -0.1) is 0 Å². The number of rotatable bonds is 9. The first-order chi connectivity index (χ1) is 19.3. The molecule has 0 aliphatic rings. The van der Waals surface area contributed by atoms with Gasteiger partial charge < -0.3 is 15.2 Å². The highest BCUT2D eigenvalue weighted by molar-refractivity contribution is 5.98. The standard InChI is InChI=1S/C27H23F6N7O/c1-16(13-36-34-2)17-5-7-20(8-6-17)37-23-9-10-35-24(39-23)19-4-3-18-11-22(38-21(18)12-19)25(41)40(14-26(28,29)30)15-27(31,32)33/h3-13,36,38H,2,14-15H2,1H3,(H,35,37,39)/b16-13+. The molecule has 1 amide bonds. The smallest absolute Gasteiger partial charge is 0.351 e. The molecule has 2 heterocycles. The van der Waals surface area contributed by atoms with Crippen LogP contribution in [-0.2, 0) is 0 Å². The third-order valence-electron chi connectivity index (χ3n) is 5.78. The van der Waals surface area contributed by atoms with Gasteiger partial charge in [-0.2, -0.15) is 31.4 Å². The van der Waals surface area contributed by atoms with Crippen LogP contribution in [0.5, 0.6) is 0 Å². The topological polar surface area (TPSA) is 98.3 Å². The van der Waals surface area contributed by atoms with Crippen molar-refractivity contribution in [1.82, 2.24) is 25.3 Å². The minimum atomic E-state index is -5.00. The molecule has 0 saturated carbocycles. The Morgan fingerprint density at radius 2 is 1.71 bits per heavy atom. The van der Waals surface area contributed by atoms with Crippen LogP contribution in [0, 0.1) is 0 Å². The predicted molar refractivity (Wildman–Crippen MR) is 143 cm³/mol. The third kappa shape index (κ3) is 7.84. The minimum absolute atomic E-state index is 0.288. The Kier molecular flexibility index (Phi) is 8.31. The highest BCUT2D eigenvalue weighted by atomic mass is 19.4. The molecular weight excluding hydrogens is 552 g/mol. The lowest BCUT2D eigenvalue weighted by Crippen LogP contribution is -2.44. The number of alkyl halides is 6. The Hall–Kier alpha value is -4.88. The fraction of sp³-hybridized carbons (Fsp3) is 0.185. The lowest BCUT2D eigenvalue weighted by atomic mass is 10.1. The van der Waals surface area contributed by atoms with Crippen molar-refractivity contribution in [2.75, 3.05) is 18.4 Å². The fourth-order valence-electron chi connectivity index (χ4n) is 3.94. The van der Waals surface area contributed by atoms with E-state index in [4.69, 9.17) is 0 Å². The summed E-state index contributed by atoms with van der Waals surface area (Å²) in [5.74, 6) is -0.649. The second-order valence-electron chi connectivity index (χ2n) is 8.96. The van der Waals surface area contributed by atoms with Crippen LogP contribution in [0.4, 0.5) is 37.8 Å². The molecule has 0 atom stereocenters. The average molecular weight is 576 g/mol. The van der Waals surface area contributed by atoms with Crippen molar-refractivity contribution in [1.29, 1.82) is 0 Å². The first-order valence-electron chi connectivity index (χ1n) is 12.0. The number of carbonyl (C=O) groups is 1. The fourth-order valence-corrected chi connectivity index (χ4v) is 3.94. The summed E-state index contributed by atoms with van der Waals surface area (Å²) in [7, 11) is 0. The number of hydrazone groups is 1. The predicted octanol–water partition coefficient (Wildman–Crippen LogP) is 6.50. The lowest BCUT2D eigenvalue weighted by Gasteiger charge is -2.24. The van der Waals surface area contributed by atoms with Gasteiger partial charge in [0.15, 0.2) is 5.82 Å². The summed E-state index contributed by atoms with van der Waals surface area (Å²) in [4.78, 5) is 23.7. The summed E-state index contributed by atoms with van der Waals surface area (Å²) in [6, 6.07) is 15.1. The molecule has 0 spiro atoms. The maximum Gasteiger partial charge on any atom is 0.406 e. The number of allylic oxidation sites excluding steroid dienone is 1. The normalized spacial score (nSPS) is 12.3. The number of fused-ring (bicyclic) bond motifs is 1. The highest BCUT2D eigenvalue weighted by Crippen LogP contribution is 2.27. The second kappa shape index (κ2) is 11.7. The Morgan fingerprint density at radius 3 is 2.34 bits per heavy atom. The molecule has 14 heteroatoms. The van der Waals surface area contributed by atoms with Crippen LogP contribution in [0.1, 0.15) is 23.0 Å². The van der Waals surface area contributed by atoms with Gasteiger partial charge in [0.2, 0.25) is 0 Å². The maximum atomic E-state index is 12.9. The van der Waals surface area contributed by atoms with Crippen LogP contribution in [-0.4, -0.2) is 57.9 Å². The number of anilines is 2. The summed E-state index contributed by atoms with van der Waals surface area (Å²) in [5, 5.41) is 7.15. The van der Waals surface area contributed by atoms with E-state index >= 15 is 0 Å². The molecule has 2 aromatic heterocycles. The molecule has 214 valence electrons. The molecule has 8 nitrogen and oxygen atoms in total. The molecule has 0 radical (unpaired) electrons. The number of H-pyrrole nitrogens is 1. The van der Waals surface area contributed by atoms with Crippen LogP contribution in [0.3, 0.4) is 0 Å². The first-order valence-corrected chi connectivity index (χ1v) is 12.0. The second-order valence-corrected chi connectivity index (χ2v) is 8.96. The van der Waals surface area contributed by atoms with Crippen molar-refractivity contribution < 1.29 is 31.1 Å². The number of hydrogen-bond acceptors (Lipinski definition) is 6. The van der Waals surface area contributed by atoms with Gasteiger partial charge in [0, 0.05) is 41.3 Å².